The van der Waals surface area contributed by atoms with E-state index in [9.17, 15) is 0 Å². The fraction of sp³-hybridized carbons (Fsp3) is 0.957. The van der Waals surface area contributed by atoms with Crippen LogP contribution in [0, 0.1) is 87.3 Å². The molecule has 0 spiro atoms. The Morgan fingerprint density at radius 1 is 0.681 bits per heavy atom. The highest BCUT2D eigenvalue weighted by atomic mass is 14.7. The molecule has 2 fully saturated rings. The molecular formula is C47H98. The minimum Gasteiger partial charge on any atom is -0.0851 e. The lowest BCUT2D eigenvalue weighted by molar-refractivity contribution is -0.220. The van der Waals surface area contributed by atoms with E-state index in [4.69, 9.17) is 0 Å². The molecule has 0 aromatic rings. The molecule has 0 saturated heterocycles. The fourth-order valence-corrected chi connectivity index (χ4v) is 11.2. The summed E-state index contributed by atoms with van der Waals surface area (Å²) in [5.41, 5.74) is 1.18. The largest absolute Gasteiger partial charge is 0.0851 e. The smallest absolute Gasteiger partial charge is 0.0176 e. The van der Waals surface area contributed by atoms with E-state index in [-0.39, 0.29) is 7.43 Å². The minimum atomic E-state index is 0. The van der Waals surface area contributed by atoms with Crippen molar-refractivity contribution in [1.82, 2.24) is 0 Å². The van der Waals surface area contributed by atoms with Crippen molar-refractivity contribution < 1.29 is 0 Å². The maximum absolute atomic E-state index is 2.77. The van der Waals surface area contributed by atoms with Crippen molar-refractivity contribution in [2.75, 3.05) is 0 Å². The minimum absolute atomic E-state index is 0. The van der Waals surface area contributed by atoms with Crippen LogP contribution in [0.5, 0.6) is 0 Å². The first-order valence-corrected chi connectivity index (χ1v) is 21.2. The number of rotatable bonds is 10. The number of hydrogen-bond donors (Lipinski definition) is 0. The van der Waals surface area contributed by atoms with Gasteiger partial charge in [-0.05, 0) is 107 Å². The van der Waals surface area contributed by atoms with Gasteiger partial charge in [0.15, 0.2) is 0 Å². The van der Waals surface area contributed by atoms with Gasteiger partial charge < -0.3 is 0 Å². The highest BCUT2D eigenvalue weighted by Crippen LogP contribution is 2.73. The molecule has 2 saturated carbocycles. The van der Waals surface area contributed by atoms with E-state index in [0.717, 1.165) is 71.0 Å². The summed E-state index contributed by atoms with van der Waals surface area (Å²) in [6.07, 6.45) is 15.3. The third kappa shape index (κ3) is 10.9. The van der Waals surface area contributed by atoms with Gasteiger partial charge in [-0.1, -0.05) is 198 Å². The summed E-state index contributed by atoms with van der Waals surface area (Å²) in [6.45, 7) is 52.3. The molecule has 0 aromatic carbocycles. The van der Waals surface area contributed by atoms with Gasteiger partial charge in [-0.3, -0.25) is 0 Å². The first-order valence-electron chi connectivity index (χ1n) is 21.2. The summed E-state index contributed by atoms with van der Waals surface area (Å²) in [4.78, 5) is 0. The van der Waals surface area contributed by atoms with Gasteiger partial charge in [0.05, 0.1) is 0 Å². The van der Waals surface area contributed by atoms with Gasteiger partial charge in [-0.2, -0.15) is 0 Å². The molecule has 286 valence electrons. The van der Waals surface area contributed by atoms with Crippen LogP contribution >= 0.6 is 0 Å². The van der Waals surface area contributed by atoms with Crippen LogP contribution in [0.2, 0.25) is 0 Å². The fourth-order valence-electron chi connectivity index (χ4n) is 11.2. The summed E-state index contributed by atoms with van der Waals surface area (Å²) in [5.74, 6) is 9.47. The summed E-state index contributed by atoms with van der Waals surface area (Å²) < 4.78 is 0. The van der Waals surface area contributed by atoms with Gasteiger partial charge in [-0.25, -0.2) is 0 Å². The maximum atomic E-state index is 2.77. The van der Waals surface area contributed by atoms with Crippen molar-refractivity contribution in [3.63, 3.8) is 0 Å². The summed E-state index contributed by atoms with van der Waals surface area (Å²) >= 11 is 0. The van der Waals surface area contributed by atoms with E-state index in [1.807, 2.05) is 55.4 Å². The summed E-state index contributed by atoms with van der Waals surface area (Å²) in [7, 11) is 0. The van der Waals surface area contributed by atoms with E-state index in [2.05, 4.69) is 109 Å². The van der Waals surface area contributed by atoms with Gasteiger partial charge in [0, 0.05) is 0 Å². The van der Waals surface area contributed by atoms with E-state index >= 15 is 0 Å². The zero-order valence-electron chi connectivity index (χ0n) is 36.5. The molecule has 0 aliphatic heterocycles. The molecule has 3 aliphatic carbocycles. The maximum Gasteiger partial charge on any atom is -0.0176 e. The van der Waals surface area contributed by atoms with Crippen LogP contribution in [0.3, 0.4) is 0 Å². The Bertz CT molecular complexity index is 790. The lowest BCUT2D eigenvalue weighted by atomic mass is 9.34. The second-order valence-corrected chi connectivity index (χ2v) is 16.9. The molecule has 0 amide bonds. The van der Waals surface area contributed by atoms with Crippen molar-refractivity contribution in [2.45, 2.75) is 205 Å². The van der Waals surface area contributed by atoms with Crippen LogP contribution in [0.1, 0.15) is 205 Å². The van der Waals surface area contributed by atoms with E-state index in [1.54, 1.807) is 0 Å². The Balaban J connectivity index is -0.00000199. The average Bonchev–Trinajstić information content (AvgIpc) is 3.05. The van der Waals surface area contributed by atoms with Crippen LogP contribution < -0.4 is 0 Å². The molecular weight excluding hydrogens is 565 g/mol. The normalized spacial score (nSPS) is 36.4. The molecule has 0 N–H and O–H groups in total. The van der Waals surface area contributed by atoms with Gasteiger partial charge >= 0.3 is 0 Å². The Hall–Kier alpha value is -0.260. The molecule has 13 atom stereocenters. The Labute approximate surface area is 303 Å². The number of allylic oxidation sites excluding steroid dienone is 2. The number of hydrogen-bond acceptors (Lipinski definition) is 0. The summed E-state index contributed by atoms with van der Waals surface area (Å²) in [6, 6.07) is 0. The van der Waals surface area contributed by atoms with Crippen LogP contribution in [0.15, 0.2) is 12.2 Å². The molecule has 47 heavy (non-hydrogen) atoms. The molecule has 0 aromatic heterocycles. The molecule has 3 rings (SSSR count). The van der Waals surface area contributed by atoms with Crippen LogP contribution in [0.4, 0.5) is 0 Å². The van der Waals surface area contributed by atoms with Gasteiger partial charge in [0.2, 0.25) is 0 Å². The highest BCUT2D eigenvalue weighted by Gasteiger charge is 2.66. The third-order valence-corrected chi connectivity index (χ3v) is 14.7. The molecule has 0 radical (unpaired) electrons. The zero-order chi connectivity index (χ0) is 36.8. The van der Waals surface area contributed by atoms with E-state index < -0.39 is 0 Å². The second kappa shape index (κ2) is 23.3. The molecule has 0 heteroatoms. The van der Waals surface area contributed by atoms with Crippen molar-refractivity contribution >= 4 is 0 Å². The Morgan fingerprint density at radius 2 is 1.19 bits per heavy atom. The van der Waals surface area contributed by atoms with Gasteiger partial charge in [-0.15, -0.1) is 0 Å². The summed E-state index contributed by atoms with van der Waals surface area (Å²) in [5, 5.41) is 0. The first kappa shape index (κ1) is 51.1. The number of unbranched alkanes of at least 4 members (excludes halogenated alkanes) is 2. The molecule has 3 aliphatic rings. The van der Waals surface area contributed by atoms with Crippen molar-refractivity contribution in [2.24, 2.45) is 87.3 Å². The zero-order valence-corrected chi connectivity index (χ0v) is 36.5. The number of fused-ring (bicyclic) bond motifs is 2. The SMILES string of the molecule is C.CC.CC.CC.CC.CCCCCC(C)C1C=CC(C)C2CC3C(C)C(C)(C(C)C(C)C(C)C)C(C)(C(C)C(C)C)CC3(C)CC12. The van der Waals surface area contributed by atoms with E-state index in [1.165, 1.54) is 44.9 Å². The second-order valence-electron chi connectivity index (χ2n) is 16.9. The van der Waals surface area contributed by atoms with Crippen molar-refractivity contribution in [3.05, 3.63) is 12.2 Å². The predicted octanol–water partition coefficient (Wildman–Crippen LogP) is 16.7. The van der Waals surface area contributed by atoms with Gasteiger partial charge in [0.1, 0.15) is 0 Å². The Kier molecular flexibility index (Phi) is 25.3. The lowest BCUT2D eigenvalue weighted by Crippen LogP contribution is -2.64. The standard InChI is InChI=1S/C38H70.4C2H6.CH4/c1-15-16-17-18-26(6)32-20-19-27(7)33-21-35-31(11)38(14,30(10)28(8)24(2)3)37(13,29(9)25(4)5)23-36(35,12)22-34(32)33;4*1-2;/h19-20,24-35H,15-18,21-23H2,1-14H3;4*1-2H3;1H4. The first-order chi connectivity index (χ1) is 21.6. The highest BCUT2D eigenvalue weighted by molar-refractivity contribution is 5.17. The quantitative estimate of drug-likeness (QED) is 0.161. The molecule has 0 bridgehead atoms. The van der Waals surface area contributed by atoms with Gasteiger partial charge in [0.25, 0.3) is 0 Å². The van der Waals surface area contributed by atoms with Crippen LogP contribution in [0.25, 0.3) is 0 Å². The molecule has 13 unspecified atom stereocenters. The van der Waals surface area contributed by atoms with Crippen molar-refractivity contribution in [1.29, 1.82) is 0 Å². The molecule has 0 heterocycles. The Morgan fingerprint density at radius 3 is 1.64 bits per heavy atom. The van der Waals surface area contributed by atoms with Crippen molar-refractivity contribution in [3.8, 4) is 0 Å². The predicted molar refractivity (Wildman–Crippen MR) is 222 cm³/mol. The van der Waals surface area contributed by atoms with E-state index in [0.29, 0.717) is 16.2 Å². The lowest BCUT2D eigenvalue weighted by Gasteiger charge is -2.70. The third-order valence-electron chi connectivity index (χ3n) is 14.7. The van der Waals surface area contributed by atoms with Crippen LogP contribution in [-0.2, 0) is 0 Å². The molecule has 0 nitrogen and oxygen atoms in total. The topological polar surface area (TPSA) is 0 Å². The monoisotopic (exact) mass is 663 g/mol. The average molecular weight is 663 g/mol. The van der Waals surface area contributed by atoms with Crippen LogP contribution in [-0.4, -0.2) is 0 Å².